The predicted octanol–water partition coefficient (Wildman–Crippen LogP) is 5.16. The number of hydrogen-bond donors (Lipinski definition) is 0. The Balaban J connectivity index is 1.48. The zero-order valence-corrected chi connectivity index (χ0v) is 21.3. The van der Waals surface area contributed by atoms with E-state index in [4.69, 9.17) is 4.74 Å². The summed E-state index contributed by atoms with van der Waals surface area (Å²) < 4.78 is 5.97. The van der Waals surface area contributed by atoms with Crippen LogP contribution in [-0.4, -0.2) is 35.6 Å². The lowest BCUT2D eigenvalue weighted by molar-refractivity contribution is -0.123. The molecule has 0 N–H and O–H groups in total. The fourth-order valence-corrected chi connectivity index (χ4v) is 6.34. The number of fused-ring (bicyclic) bond motifs is 5. The SMILES string of the molecule is COc1ccc(C(=O)[C@@H]2[C@@H]3C(=O)N(c4ccc(C)cc4)C(=O)[C@H]3[C@H]3c4ccccc4C=CN23)cc1Br. The average molecular weight is 543 g/mol. The van der Waals surface area contributed by atoms with Crippen molar-refractivity contribution in [3.05, 3.63) is 99.7 Å². The summed E-state index contributed by atoms with van der Waals surface area (Å²) in [4.78, 5) is 45.1. The Bertz CT molecular complexity index is 1450. The normalized spacial score (nSPS) is 24.0. The fourth-order valence-electron chi connectivity index (χ4n) is 5.80. The van der Waals surface area contributed by atoms with E-state index in [2.05, 4.69) is 15.9 Å². The Labute approximate surface area is 217 Å². The van der Waals surface area contributed by atoms with E-state index in [0.717, 1.165) is 16.7 Å². The van der Waals surface area contributed by atoms with Crippen LogP contribution in [0.2, 0.25) is 0 Å². The van der Waals surface area contributed by atoms with Crippen LogP contribution < -0.4 is 9.64 Å². The lowest BCUT2D eigenvalue weighted by Gasteiger charge is -2.35. The Morgan fingerprint density at radius 1 is 0.944 bits per heavy atom. The van der Waals surface area contributed by atoms with Crippen LogP contribution in [0.1, 0.15) is 33.1 Å². The molecule has 0 saturated carbocycles. The molecule has 0 bridgehead atoms. The van der Waals surface area contributed by atoms with Gasteiger partial charge in [-0.15, -0.1) is 0 Å². The maximum atomic E-state index is 14.0. The van der Waals surface area contributed by atoms with E-state index in [1.165, 1.54) is 4.90 Å². The van der Waals surface area contributed by atoms with Crippen molar-refractivity contribution in [3.63, 3.8) is 0 Å². The van der Waals surface area contributed by atoms with Gasteiger partial charge in [-0.2, -0.15) is 0 Å². The molecule has 36 heavy (non-hydrogen) atoms. The quantitative estimate of drug-likeness (QED) is 0.336. The highest BCUT2D eigenvalue weighted by molar-refractivity contribution is 9.10. The fraction of sp³-hybridized carbons (Fsp3) is 0.207. The van der Waals surface area contributed by atoms with E-state index in [9.17, 15) is 14.4 Å². The van der Waals surface area contributed by atoms with Crippen molar-refractivity contribution >= 4 is 45.3 Å². The first-order chi connectivity index (χ1) is 17.4. The van der Waals surface area contributed by atoms with E-state index in [-0.39, 0.29) is 17.6 Å². The van der Waals surface area contributed by atoms with Gasteiger partial charge in [-0.1, -0.05) is 42.0 Å². The van der Waals surface area contributed by atoms with Crippen molar-refractivity contribution in [2.75, 3.05) is 12.0 Å². The van der Waals surface area contributed by atoms with Crippen molar-refractivity contribution in [2.45, 2.75) is 19.0 Å². The van der Waals surface area contributed by atoms with Gasteiger partial charge in [-0.3, -0.25) is 14.4 Å². The minimum absolute atomic E-state index is 0.202. The number of Topliss-reactive ketones (excluding diaryl/α,β-unsaturated/α-hetero) is 1. The number of amides is 2. The average Bonchev–Trinajstić information content (AvgIpc) is 3.36. The summed E-state index contributed by atoms with van der Waals surface area (Å²) in [5.41, 5.74) is 3.97. The second-order valence-corrected chi connectivity index (χ2v) is 10.2. The predicted molar refractivity (Wildman–Crippen MR) is 140 cm³/mol. The first-order valence-electron chi connectivity index (χ1n) is 11.8. The number of imide groups is 1. The molecule has 0 unspecified atom stereocenters. The van der Waals surface area contributed by atoms with Crippen molar-refractivity contribution in [1.82, 2.24) is 4.90 Å². The van der Waals surface area contributed by atoms with E-state index in [0.29, 0.717) is 21.5 Å². The number of ketones is 1. The van der Waals surface area contributed by atoms with E-state index in [1.54, 1.807) is 37.4 Å². The lowest BCUT2D eigenvalue weighted by Crippen LogP contribution is -2.44. The number of carbonyl (C=O) groups excluding carboxylic acids is 3. The standard InChI is InChI=1S/C29H23BrN2O4/c1-16-7-10-19(11-8-16)32-28(34)23-24(29(32)35)26(27(33)18-9-12-22(36-2)21(30)15-18)31-14-13-17-5-3-4-6-20(17)25(23)31/h3-15,23-26H,1-2H3/t23-,24-,25-,26+/m1/s1. The zero-order chi connectivity index (χ0) is 25.1. The highest BCUT2D eigenvalue weighted by Gasteiger charge is 2.64. The Hall–Kier alpha value is -3.71. The molecule has 6 nitrogen and oxygen atoms in total. The van der Waals surface area contributed by atoms with Crippen LogP contribution in [0.25, 0.3) is 6.08 Å². The molecule has 2 amide bonds. The molecule has 0 spiro atoms. The summed E-state index contributed by atoms with van der Waals surface area (Å²) in [6, 6.07) is 19.1. The van der Waals surface area contributed by atoms with Gasteiger partial charge in [-0.25, -0.2) is 4.90 Å². The summed E-state index contributed by atoms with van der Waals surface area (Å²) in [5.74, 6) is -1.65. The molecule has 0 aliphatic carbocycles. The van der Waals surface area contributed by atoms with Crippen molar-refractivity contribution < 1.29 is 19.1 Å². The Morgan fingerprint density at radius 3 is 2.39 bits per heavy atom. The van der Waals surface area contributed by atoms with E-state index < -0.39 is 23.9 Å². The lowest BCUT2D eigenvalue weighted by atomic mass is 9.83. The van der Waals surface area contributed by atoms with Gasteiger partial charge in [0.1, 0.15) is 11.8 Å². The Morgan fingerprint density at radius 2 is 1.67 bits per heavy atom. The number of ether oxygens (including phenoxy) is 1. The minimum Gasteiger partial charge on any atom is -0.496 e. The first kappa shape index (κ1) is 22.7. The molecule has 3 aromatic carbocycles. The van der Waals surface area contributed by atoms with Crippen LogP contribution in [0.15, 0.2) is 77.4 Å². The topological polar surface area (TPSA) is 66.9 Å². The minimum atomic E-state index is -0.809. The number of nitrogens with zero attached hydrogens (tertiary/aromatic N) is 2. The highest BCUT2D eigenvalue weighted by atomic mass is 79.9. The number of methoxy groups -OCH3 is 1. The molecule has 0 radical (unpaired) electrons. The van der Waals surface area contributed by atoms with Gasteiger partial charge in [-0.05, 0) is 70.4 Å². The largest absolute Gasteiger partial charge is 0.496 e. The second-order valence-electron chi connectivity index (χ2n) is 9.39. The number of halogens is 1. The molecule has 0 aromatic heterocycles. The van der Waals surface area contributed by atoms with Gasteiger partial charge in [0.15, 0.2) is 5.78 Å². The van der Waals surface area contributed by atoms with Gasteiger partial charge < -0.3 is 9.64 Å². The van der Waals surface area contributed by atoms with Crippen LogP contribution in [-0.2, 0) is 9.59 Å². The molecule has 3 aromatic rings. The number of aryl methyl sites for hydroxylation is 1. The maximum Gasteiger partial charge on any atom is 0.240 e. The number of rotatable bonds is 4. The monoisotopic (exact) mass is 542 g/mol. The van der Waals surface area contributed by atoms with Gasteiger partial charge in [0, 0.05) is 11.8 Å². The molecule has 180 valence electrons. The smallest absolute Gasteiger partial charge is 0.240 e. The van der Waals surface area contributed by atoms with Crippen LogP contribution in [0.4, 0.5) is 5.69 Å². The second kappa shape index (κ2) is 8.45. The third-order valence-corrected chi connectivity index (χ3v) is 8.08. The summed E-state index contributed by atoms with van der Waals surface area (Å²) >= 11 is 3.46. The van der Waals surface area contributed by atoms with E-state index in [1.807, 2.05) is 60.5 Å². The summed E-state index contributed by atoms with van der Waals surface area (Å²) in [5, 5.41) is 0. The molecule has 4 atom stereocenters. The van der Waals surface area contributed by atoms with Crippen LogP contribution in [0.3, 0.4) is 0 Å². The molecule has 7 heteroatoms. The van der Waals surface area contributed by atoms with Crippen molar-refractivity contribution in [3.8, 4) is 5.75 Å². The first-order valence-corrected chi connectivity index (χ1v) is 12.6. The molecular formula is C29H23BrN2O4. The molecule has 3 aliphatic heterocycles. The number of benzene rings is 3. The summed E-state index contributed by atoms with van der Waals surface area (Å²) in [6.45, 7) is 1.96. The molecule has 2 fully saturated rings. The van der Waals surface area contributed by atoms with Gasteiger partial charge in [0.25, 0.3) is 0 Å². The third-order valence-electron chi connectivity index (χ3n) is 7.46. The van der Waals surface area contributed by atoms with E-state index >= 15 is 0 Å². The number of carbonyl (C=O) groups is 3. The molecule has 3 aliphatic rings. The van der Waals surface area contributed by atoms with Crippen LogP contribution >= 0.6 is 15.9 Å². The molecular weight excluding hydrogens is 520 g/mol. The zero-order valence-electron chi connectivity index (χ0n) is 19.7. The summed E-state index contributed by atoms with van der Waals surface area (Å²) in [6.07, 6.45) is 3.81. The van der Waals surface area contributed by atoms with Crippen LogP contribution in [0.5, 0.6) is 5.75 Å². The molecule has 6 rings (SSSR count). The maximum absolute atomic E-state index is 14.0. The number of hydrogen-bond acceptors (Lipinski definition) is 5. The van der Waals surface area contributed by atoms with Crippen LogP contribution in [0, 0.1) is 18.8 Å². The van der Waals surface area contributed by atoms with Crippen molar-refractivity contribution in [2.24, 2.45) is 11.8 Å². The van der Waals surface area contributed by atoms with Gasteiger partial charge in [0.05, 0.1) is 35.1 Å². The number of anilines is 1. The van der Waals surface area contributed by atoms with Gasteiger partial charge in [0.2, 0.25) is 11.8 Å². The molecule has 2 saturated heterocycles. The van der Waals surface area contributed by atoms with Crippen molar-refractivity contribution in [1.29, 1.82) is 0 Å². The summed E-state index contributed by atoms with van der Waals surface area (Å²) in [7, 11) is 1.56. The molecule has 3 heterocycles. The van der Waals surface area contributed by atoms with Gasteiger partial charge >= 0.3 is 0 Å². The highest BCUT2D eigenvalue weighted by Crippen LogP contribution is 2.53. The Kier molecular flexibility index (Phi) is 5.34. The third kappa shape index (κ3) is 3.26.